The normalized spacial score (nSPS) is 16.4. The van der Waals surface area contributed by atoms with Gasteiger partial charge in [0.25, 0.3) is 14.2 Å². The molecule has 298 valence electrons. The van der Waals surface area contributed by atoms with Gasteiger partial charge in [0, 0.05) is 18.7 Å². The molecule has 2 atom stereocenters. The number of hydrogen-bond donors (Lipinski definition) is 2. The molecule has 2 unspecified atom stereocenters. The maximum Gasteiger partial charge on any atom is 0.407 e. The molecule has 0 saturated carbocycles. The molecule has 1 fully saturated rings. The predicted molar refractivity (Wildman–Crippen MR) is 214 cm³/mol. The van der Waals surface area contributed by atoms with Crippen LogP contribution >= 0.6 is 0 Å². The molecule has 0 bridgehead atoms. The third kappa shape index (κ3) is 10.3. The van der Waals surface area contributed by atoms with Gasteiger partial charge in [0.2, 0.25) is 0 Å². The molecule has 1 aliphatic rings. The highest BCUT2D eigenvalue weighted by molar-refractivity contribution is 7.87. The predicted octanol–water partition coefficient (Wildman–Crippen LogP) is 8.15. The van der Waals surface area contributed by atoms with E-state index in [9.17, 15) is 27.9 Å². The topological polar surface area (TPSA) is 158 Å². The molecule has 1 heterocycles. The van der Waals surface area contributed by atoms with E-state index in [1.54, 1.807) is 42.5 Å². The van der Waals surface area contributed by atoms with Gasteiger partial charge in [-0.3, -0.25) is 4.79 Å². The lowest BCUT2D eigenvalue weighted by atomic mass is 9.99. The summed E-state index contributed by atoms with van der Waals surface area (Å²) in [6.45, 7) is 13.4. The molecule has 0 aromatic heterocycles. The van der Waals surface area contributed by atoms with Gasteiger partial charge in [-0.15, -0.1) is 0 Å². The zero-order chi connectivity index (χ0) is 40.7. The van der Waals surface area contributed by atoms with Gasteiger partial charge in [0.05, 0.1) is 11.6 Å². The van der Waals surface area contributed by atoms with Crippen LogP contribution in [-0.2, 0) is 21.5 Å². The van der Waals surface area contributed by atoms with Crippen LogP contribution in [0.15, 0.2) is 108 Å². The van der Waals surface area contributed by atoms with Gasteiger partial charge < -0.3 is 33.4 Å². The van der Waals surface area contributed by atoms with Crippen molar-refractivity contribution >= 4 is 36.4 Å². The second kappa shape index (κ2) is 17.6. The van der Waals surface area contributed by atoms with Crippen LogP contribution in [0.2, 0.25) is 18.1 Å². The molecule has 12 nitrogen and oxygen atoms in total. The summed E-state index contributed by atoms with van der Waals surface area (Å²) >= 11 is 0. The van der Waals surface area contributed by atoms with Gasteiger partial charge in [0.15, 0.2) is 11.5 Å². The van der Waals surface area contributed by atoms with E-state index in [0.717, 1.165) is 5.56 Å². The molecule has 14 heteroatoms. The molecule has 1 aliphatic heterocycles. The number of carboxylic acid groups (broad SMARTS) is 1. The number of amides is 2. The monoisotopic (exact) mass is 802 g/mol. The summed E-state index contributed by atoms with van der Waals surface area (Å²) in [5.41, 5.74) is 1.29. The van der Waals surface area contributed by atoms with Crippen molar-refractivity contribution in [2.75, 3.05) is 13.1 Å². The Balaban J connectivity index is 1.25. The highest BCUT2D eigenvalue weighted by Crippen LogP contribution is 2.44. The Hall–Kier alpha value is -5.34. The molecule has 2 N–H and O–H groups in total. The minimum atomic E-state index is -4.33. The van der Waals surface area contributed by atoms with Gasteiger partial charge in [-0.2, -0.15) is 8.42 Å². The molecule has 56 heavy (non-hydrogen) atoms. The largest absolute Gasteiger partial charge is 0.543 e. The average molecular weight is 803 g/mol. The molecule has 0 radical (unpaired) electrons. The highest BCUT2D eigenvalue weighted by atomic mass is 32.2. The van der Waals surface area contributed by atoms with Crippen molar-refractivity contribution in [2.45, 2.75) is 82.3 Å². The van der Waals surface area contributed by atoms with Crippen LogP contribution in [0.3, 0.4) is 0 Å². The minimum Gasteiger partial charge on any atom is -0.543 e. The molecule has 0 spiro atoms. The van der Waals surface area contributed by atoms with Crippen LogP contribution < -0.4 is 18.7 Å². The van der Waals surface area contributed by atoms with Crippen molar-refractivity contribution in [2.24, 2.45) is 5.92 Å². The van der Waals surface area contributed by atoms with Crippen molar-refractivity contribution in [3.63, 3.8) is 0 Å². The number of carbonyl (C=O) groups is 3. The average Bonchev–Trinajstić information content (AvgIpc) is 3.36. The summed E-state index contributed by atoms with van der Waals surface area (Å²) in [5, 5.41) is 12.7. The van der Waals surface area contributed by atoms with Crippen LogP contribution in [0, 0.1) is 5.92 Å². The molecule has 2 amide bonds. The minimum absolute atomic E-state index is 0.00402. The van der Waals surface area contributed by atoms with E-state index in [2.05, 4.69) is 46.1 Å². The second-order valence-electron chi connectivity index (χ2n) is 15.2. The van der Waals surface area contributed by atoms with E-state index >= 15 is 0 Å². The first-order valence-corrected chi connectivity index (χ1v) is 22.9. The smallest absolute Gasteiger partial charge is 0.407 e. The number of hydrogen-bond acceptors (Lipinski definition) is 9. The second-order valence-corrected chi connectivity index (χ2v) is 21.3. The fraction of sp³-hybridized carbons (Fsp3) is 0.357. The molecular weight excluding hydrogens is 753 g/mol. The van der Waals surface area contributed by atoms with E-state index in [1.807, 2.05) is 30.3 Å². The van der Waals surface area contributed by atoms with Crippen LogP contribution in [0.4, 0.5) is 4.79 Å². The number of ether oxygens (including phenoxy) is 2. The zero-order valence-electron chi connectivity index (χ0n) is 32.6. The van der Waals surface area contributed by atoms with Gasteiger partial charge in [-0.05, 0) is 103 Å². The Morgan fingerprint density at radius 1 is 0.875 bits per heavy atom. The number of para-hydroxylation sites is 2. The molecule has 5 rings (SSSR count). The molecular formula is C42H50N2O10SSi. The fourth-order valence-corrected chi connectivity index (χ4v) is 9.45. The van der Waals surface area contributed by atoms with Crippen molar-refractivity contribution in [1.29, 1.82) is 0 Å². The maximum atomic E-state index is 13.5. The van der Waals surface area contributed by atoms with E-state index in [-0.39, 0.29) is 53.1 Å². The summed E-state index contributed by atoms with van der Waals surface area (Å²) in [4.78, 5) is 39.9. The van der Waals surface area contributed by atoms with Crippen LogP contribution in [0.1, 0.15) is 66.8 Å². The van der Waals surface area contributed by atoms with E-state index in [0.29, 0.717) is 23.7 Å². The first-order chi connectivity index (χ1) is 26.5. The summed E-state index contributed by atoms with van der Waals surface area (Å²) in [6.07, 6.45) is -1.36. The van der Waals surface area contributed by atoms with Crippen molar-refractivity contribution in [3.8, 4) is 17.2 Å². The van der Waals surface area contributed by atoms with Crippen LogP contribution in [0.25, 0.3) is 0 Å². The quantitative estimate of drug-likeness (QED) is 0.0724. The zero-order valence-corrected chi connectivity index (χ0v) is 34.4. The first-order valence-electron chi connectivity index (χ1n) is 18.6. The fourth-order valence-electron chi connectivity index (χ4n) is 6.13. The Morgan fingerprint density at radius 3 is 2.11 bits per heavy atom. The van der Waals surface area contributed by atoms with E-state index in [4.69, 9.17) is 18.1 Å². The Bertz CT molecular complexity index is 2090. The maximum absolute atomic E-state index is 13.5. The lowest BCUT2D eigenvalue weighted by molar-refractivity contribution is 0.0179. The number of rotatable bonds is 14. The SMILES string of the molecule is CC(C)C(C)(C)[Si](C)(C)Oc1ccc(C(=O)NC2CN(C(=O)O)CCCC2OC(=O)c2ccc(S(=O)(=O)Oc3ccccc3OCc3ccccc3)cc2)cc1. The number of nitrogens with one attached hydrogen (secondary N) is 1. The van der Waals surface area contributed by atoms with Crippen molar-refractivity contribution in [3.05, 3.63) is 120 Å². The summed E-state index contributed by atoms with van der Waals surface area (Å²) in [6, 6.07) is 26.8. The highest BCUT2D eigenvalue weighted by Gasteiger charge is 2.45. The van der Waals surface area contributed by atoms with Gasteiger partial charge in [0.1, 0.15) is 23.4 Å². The molecule has 4 aromatic carbocycles. The van der Waals surface area contributed by atoms with E-state index < -0.39 is 48.6 Å². The lowest BCUT2D eigenvalue weighted by Gasteiger charge is -2.42. The summed E-state index contributed by atoms with van der Waals surface area (Å²) in [7, 11) is -6.51. The Morgan fingerprint density at radius 2 is 1.48 bits per heavy atom. The third-order valence-corrected chi connectivity index (χ3v) is 16.5. The number of nitrogens with zero attached hydrogens (tertiary/aromatic N) is 1. The number of benzene rings is 4. The third-order valence-electron chi connectivity index (χ3n) is 10.8. The van der Waals surface area contributed by atoms with Crippen LogP contribution in [-0.4, -0.2) is 69.9 Å². The standard InChI is InChI=1S/C42H50N2O10SSi/c1-29(2)42(3,4)56(5,6)54-33-22-18-31(19-23-33)39(45)43-35-27-44(41(47)48)26-12-17-36(35)52-40(46)32-20-24-34(25-21-32)55(49,50)53-38-16-11-10-15-37(38)51-28-30-13-8-7-9-14-30/h7-11,13-16,18-25,29,35-36H,12,17,26-28H2,1-6H3,(H,43,45)(H,47,48). The Kier molecular flexibility index (Phi) is 13.2. The Labute approximate surface area is 330 Å². The number of carbonyl (C=O) groups excluding carboxylic acids is 2. The number of likely N-dealkylation sites (tertiary alicyclic amines) is 1. The summed E-state index contributed by atoms with van der Waals surface area (Å²) in [5.74, 6) is 0.0920. The molecule has 1 saturated heterocycles. The number of esters is 1. The van der Waals surface area contributed by atoms with Crippen molar-refractivity contribution < 1.29 is 46.0 Å². The molecule has 4 aromatic rings. The van der Waals surface area contributed by atoms with Gasteiger partial charge in [-0.1, -0.05) is 70.2 Å². The molecule has 0 aliphatic carbocycles. The van der Waals surface area contributed by atoms with Crippen molar-refractivity contribution in [1.82, 2.24) is 10.2 Å². The summed E-state index contributed by atoms with van der Waals surface area (Å²) < 4.78 is 50.2. The van der Waals surface area contributed by atoms with Crippen LogP contribution in [0.5, 0.6) is 17.2 Å². The lowest BCUT2D eigenvalue weighted by Crippen LogP contribution is -2.51. The van der Waals surface area contributed by atoms with Gasteiger partial charge in [-0.25, -0.2) is 9.59 Å². The van der Waals surface area contributed by atoms with Gasteiger partial charge >= 0.3 is 22.2 Å². The first kappa shape index (κ1) is 41.8. The van der Waals surface area contributed by atoms with E-state index in [1.165, 1.54) is 35.2 Å².